The Morgan fingerprint density at radius 1 is 1.50 bits per heavy atom. The first-order valence-electron chi connectivity index (χ1n) is 5.69. The Hall–Kier alpha value is -0.710. The zero-order valence-corrected chi connectivity index (χ0v) is 9.79. The molecule has 94 valence electrons. The second-order valence-electron chi connectivity index (χ2n) is 4.54. The Kier molecular flexibility index (Phi) is 5.12. The molecule has 1 aliphatic rings. The molecule has 0 N–H and O–H groups in total. The average Bonchev–Trinajstić information content (AvgIpc) is 2.25. The molecule has 0 spiro atoms. The van der Waals surface area contributed by atoms with E-state index in [1.165, 1.54) is 0 Å². The van der Waals surface area contributed by atoms with Crippen molar-refractivity contribution in [1.82, 2.24) is 4.90 Å². The first-order chi connectivity index (χ1) is 7.50. The summed E-state index contributed by atoms with van der Waals surface area (Å²) >= 11 is 0. The highest BCUT2D eigenvalue weighted by atomic mass is 19.3. The average molecular weight is 235 g/mol. The summed E-state index contributed by atoms with van der Waals surface area (Å²) in [5, 5.41) is 0. The maximum absolute atomic E-state index is 11.9. The van der Waals surface area contributed by atoms with Gasteiger partial charge in [0.1, 0.15) is 0 Å². The molecular weight excluding hydrogens is 216 g/mol. The summed E-state index contributed by atoms with van der Waals surface area (Å²) in [6.07, 6.45) is 1.73. The number of rotatable bonds is 4. The van der Waals surface area contributed by atoms with Crippen LogP contribution in [0.4, 0.5) is 8.78 Å². The lowest BCUT2D eigenvalue weighted by Crippen LogP contribution is -2.43. The van der Waals surface area contributed by atoms with Gasteiger partial charge in [-0.05, 0) is 12.8 Å². The van der Waals surface area contributed by atoms with Crippen LogP contribution in [0.25, 0.3) is 0 Å². The zero-order valence-electron chi connectivity index (χ0n) is 9.79. The van der Waals surface area contributed by atoms with Crippen LogP contribution in [0.15, 0.2) is 0 Å². The molecule has 1 rings (SSSR count). The van der Waals surface area contributed by atoms with Crippen molar-refractivity contribution in [3.8, 4) is 0 Å². The van der Waals surface area contributed by atoms with E-state index in [2.05, 4.69) is 4.74 Å². The number of carbonyl (C=O) groups is 1. The van der Waals surface area contributed by atoms with Crippen LogP contribution in [-0.2, 0) is 9.53 Å². The zero-order chi connectivity index (χ0) is 12.1. The van der Waals surface area contributed by atoms with Gasteiger partial charge >= 0.3 is 6.61 Å². The van der Waals surface area contributed by atoms with Crippen LogP contribution >= 0.6 is 0 Å². The molecule has 1 aliphatic heterocycles. The van der Waals surface area contributed by atoms with Gasteiger partial charge in [0.25, 0.3) is 0 Å². The van der Waals surface area contributed by atoms with Crippen LogP contribution < -0.4 is 0 Å². The lowest BCUT2D eigenvalue weighted by molar-refractivity contribution is -0.147. The molecule has 1 heterocycles. The fraction of sp³-hybridized carbons (Fsp3) is 0.909. The van der Waals surface area contributed by atoms with Gasteiger partial charge in [0, 0.05) is 24.9 Å². The number of alkyl halides is 2. The topological polar surface area (TPSA) is 29.5 Å². The summed E-state index contributed by atoms with van der Waals surface area (Å²) < 4.78 is 28.0. The van der Waals surface area contributed by atoms with E-state index >= 15 is 0 Å². The minimum absolute atomic E-state index is 0.0326. The lowest BCUT2D eigenvalue weighted by atomic mass is 9.98. The Balaban J connectivity index is 2.38. The molecule has 0 aromatic carbocycles. The summed E-state index contributed by atoms with van der Waals surface area (Å²) in [5.74, 6) is 0.113. The summed E-state index contributed by atoms with van der Waals surface area (Å²) in [4.78, 5) is 13.5. The number of halogens is 2. The molecule has 16 heavy (non-hydrogen) atoms. The minimum Gasteiger partial charge on any atom is -0.342 e. The fourth-order valence-corrected chi connectivity index (χ4v) is 1.98. The first-order valence-corrected chi connectivity index (χ1v) is 5.69. The summed E-state index contributed by atoms with van der Waals surface area (Å²) in [5.41, 5.74) is 0. The Morgan fingerprint density at radius 3 is 2.75 bits per heavy atom. The Labute approximate surface area is 94.7 Å². The highest BCUT2D eigenvalue weighted by Gasteiger charge is 2.25. The van der Waals surface area contributed by atoms with E-state index in [-0.39, 0.29) is 24.3 Å². The molecule has 1 unspecified atom stereocenters. The van der Waals surface area contributed by atoms with E-state index in [0.29, 0.717) is 6.54 Å². The van der Waals surface area contributed by atoms with E-state index in [0.717, 1.165) is 19.4 Å². The number of hydrogen-bond acceptors (Lipinski definition) is 2. The Bertz CT molecular complexity index is 234. The van der Waals surface area contributed by atoms with Gasteiger partial charge in [-0.3, -0.25) is 4.79 Å². The number of carbonyl (C=O) groups excluding carboxylic acids is 1. The molecule has 3 nitrogen and oxygen atoms in total. The minimum atomic E-state index is -2.71. The van der Waals surface area contributed by atoms with Gasteiger partial charge in [-0.2, -0.15) is 8.78 Å². The standard InChI is InChI=1S/C11H19F2NO2/c1-8(2)10(15)14-5-3-4-9(6-14)7-16-11(12)13/h8-9,11H,3-7H2,1-2H3. The van der Waals surface area contributed by atoms with Gasteiger partial charge in [-0.1, -0.05) is 13.8 Å². The van der Waals surface area contributed by atoms with Crippen molar-refractivity contribution in [2.75, 3.05) is 19.7 Å². The highest BCUT2D eigenvalue weighted by molar-refractivity contribution is 5.78. The van der Waals surface area contributed by atoms with Gasteiger partial charge in [-0.15, -0.1) is 0 Å². The first kappa shape index (κ1) is 13.4. The SMILES string of the molecule is CC(C)C(=O)N1CCCC(COC(F)F)C1. The summed E-state index contributed by atoms with van der Waals surface area (Å²) in [6.45, 7) is 2.31. The van der Waals surface area contributed by atoms with Crippen LogP contribution in [-0.4, -0.2) is 37.1 Å². The third kappa shape index (κ3) is 4.04. The second kappa shape index (κ2) is 6.13. The van der Waals surface area contributed by atoms with E-state index in [1.807, 2.05) is 13.8 Å². The van der Waals surface area contributed by atoms with E-state index in [9.17, 15) is 13.6 Å². The Morgan fingerprint density at radius 2 is 2.19 bits per heavy atom. The third-order valence-electron chi connectivity index (χ3n) is 2.78. The van der Waals surface area contributed by atoms with Crippen molar-refractivity contribution in [1.29, 1.82) is 0 Å². The van der Waals surface area contributed by atoms with Crippen molar-refractivity contribution in [2.45, 2.75) is 33.3 Å². The number of likely N-dealkylation sites (tertiary alicyclic amines) is 1. The second-order valence-corrected chi connectivity index (χ2v) is 4.54. The third-order valence-corrected chi connectivity index (χ3v) is 2.78. The molecule has 0 saturated carbocycles. The monoisotopic (exact) mass is 235 g/mol. The molecule has 1 amide bonds. The quantitative estimate of drug-likeness (QED) is 0.747. The molecule has 1 atom stereocenters. The van der Waals surface area contributed by atoms with Gasteiger partial charge in [-0.25, -0.2) is 0 Å². The van der Waals surface area contributed by atoms with Gasteiger partial charge in [0.15, 0.2) is 0 Å². The fourth-order valence-electron chi connectivity index (χ4n) is 1.98. The molecule has 1 saturated heterocycles. The molecule has 1 fully saturated rings. The smallest absolute Gasteiger partial charge is 0.342 e. The molecule has 5 heteroatoms. The van der Waals surface area contributed by atoms with E-state index in [1.54, 1.807) is 4.90 Å². The molecule has 0 radical (unpaired) electrons. The van der Waals surface area contributed by atoms with Crippen LogP contribution in [0.3, 0.4) is 0 Å². The van der Waals surface area contributed by atoms with E-state index in [4.69, 9.17) is 0 Å². The van der Waals surface area contributed by atoms with Crippen molar-refractivity contribution in [2.24, 2.45) is 11.8 Å². The molecule has 0 aliphatic carbocycles. The molecular formula is C11H19F2NO2. The normalized spacial score (nSPS) is 21.9. The maximum atomic E-state index is 11.9. The number of piperidine rings is 1. The molecule has 0 aromatic heterocycles. The predicted molar refractivity (Wildman–Crippen MR) is 56.1 cm³/mol. The van der Waals surface area contributed by atoms with Gasteiger partial charge in [0.2, 0.25) is 5.91 Å². The largest absolute Gasteiger partial charge is 0.345 e. The number of amides is 1. The van der Waals surface area contributed by atoms with Crippen molar-refractivity contribution >= 4 is 5.91 Å². The van der Waals surface area contributed by atoms with Crippen LogP contribution in [0.1, 0.15) is 26.7 Å². The van der Waals surface area contributed by atoms with Crippen LogP contribution in [0.5, 0.6) is 0 Å². The molecule has 0 bridgehead atoms. The highest BCUT2D eigenvalue weighted by Crippen LogP contribution is 2.19. The predicted octanol–water partition coefficient (Wildman–Crippen LogP) is 2.12. The maximum Gasteiger partial charge on any atom is 0.345 e. The lowest BCUT2D eigenvalue weighted by Gasteiger charge is -2.33. The van der Waals surface area contributed by atoms with Gasteiger partial charge in [0.05, 0.1) is 6.61 Å². The van der Waals surface area contributed by atoms with E-state index < -0.39 is 6.61 Å². The van der Waals surface area contributed by atoms with Crippen molar-refractivity contribution < 1.29 is 18.3 Å². The number of nitrogens with zero attached hydrogens (tertiary/aromatic N) is 1. The van der Waals surface area contributed by atoms with Crippen molar-refractivity contribution in [3.05, 3.63) is 0 Å². The van der Waals surface area contributed by atoms with Gasteiger partial charge < -0.3 is 9.64 Å². The summed E-state index contributed by atoms with van der Waals surface area (Å²) in [6, 6.07) is 0. The number of hydrogen-bond donors (Lipinski definition) is 0. The molecule has 0 aromatic rings. The van der Waals surface area contributed by atoms with Crippen molar-refractivity contribution in [3.63, 3.8) is 0 Å². The van der Waals surface area contributed by atoms with Crippen LogP contribution in [0, 0.1) is 11.8 Å². The number of ether oxygens (including phenoxy) is 1. The summed E-state index contributed by atoms with van der Waals surface area (Å²) in [7, 11) is 0. The van der Waals surface area contributed by atoms with Crippen LogP contribution in [0.2, 0.25) is 0 Å².